The first-order chi connectivity index (χ1) is 27.2. The highest BCUT2D eigenvalue weighted by Gasteiger charge is 2.45. The van der Waals surface area contributed by atoms with Crippen LogP contribution in [0.3, 0.4) is 0 Å². The molecule has 0 saturated carbocycles. The van der Waals surface area contributed by atoms with Crippen LogP contribution in [0.4, 0.5) is 5.69 Å². The Morgan fingerprint density at radius 3 is 2.12 bits per heavy atom. The molecule has 5 amide bonds. The zero-order valence-electron chi connectivity index (χ0n) is 30.9. The Morgan fingerprint density at radius 1 is 0.750 bits per heavy atom. The van der Waals surface area contributed by atoms with Crippen LogP contribution in [-0.2, 0) is 33.9 Å². The van der Waals surface area contributed by atoms with Crippen LogP contribution in [0, 0.1) is 0 Å². The van der Waals surface area contributed by atoms with Gasteiger partial charge in [-0.1, -0.05) is 48.5 Å². The van der Waals surface area contributed by atoms with E-state index in [0.29, 0.717) is 24.8 Å². The van der Waals surface area contributed by atoms with Crippen molar-refractivity contribution in [3.05, 3.63) is 142 Å². The molecule has 11 nitrogen and oxygen atoms in total. The van der Waals surface area contributed by atoms with Crippen molar-refractivity contribution < 1.29 is 29.1 Å². The first-order valence-corrected chi connectivity index (χ1v) is 19.5. The summed E-state index contributed by atoms with van der Waals surface area (Å²) in [6, 6.07) is 28.0. The van der Waals surface area contributed by atoms with E-state index in [9.17, 15) is 29.1 Å². The number of phenols is 1. The Labute approximate surface area is 325 Å². The number of carbonyl (C=O) groups excluding carboxylic acids is 5. The van der Waals surface area contributed by atoms with E-state index >= 15 is 0 Å². The van der Waals surface area contributed by atoms with E-state index in [4.69, 9.17) is 0 Å². The van der Waals surface area contributed by atoms with Gasteiger partial charge in [-0.15, -0.1) is 0 Å². The molecule has 56 heavy (non-hydrogen) atoms. The first kappa shape index (κ1) is 35.5. The molecular weight excluding hydrogens is 707 g/mol. The average Bonchev–Trinajstić information content (AvgIpc) is 3.72. The molecule has 4 heterocycles. The predicted octanol–water partition coefficient (Wildman–Crippen LogP) is 5.27. The standard InChI is InChI=1S/C45H43N5O6/c51-34-11-13-36-29(22-34)8-12-35(27-4-2-1-3-5-27)42(36)28-6-9-33(10-7-28)49-20-16-32(17-21-49)46-41(53)18-19-48-25-30-23-37-38(24-31(30)26-48)45(56)50(44(37)55)39-14-15-40(52)47-43(39)54/h1-7,9-11,13,18-19,22-24,32,35,39,42,51H,8,12,14-17,20-21,25-26H2,(H,46,53)(H,47,52,54)/t35-,39?,42+/m1/s1. The lowest BCUT2D eigenvalue weighted by Crippen LogP contribution is -2.54. The maximum Gasteiger partial charge on any atom is 0.262 e. The molecule has 3 N–H and O–H groups in total. The molecule has 0 aromatic heterocycles. The number of fused-ring (bicyclic) bond motifs is 3. The number of anilines is 1. The number of nitrogens with zero attached hydrogens (tertiary/aromatic N) is 3. The lowest BCUT2D eigenvalue weighted by atomic mass is 9.69. The van der Waals surface area contributed by atoms with Crippen LogP contribution in [-0.4, -0.2) is 69.6 Å². The summed E-state index contributed by atoms with van der Waals surface area (Å²) in [4.78, 5) is 68.8. The second kappa shape index (κ2) is 14.4. The topological polar surface area (TPSA) is 139 Å². The summed E-state index contributed by atoms with van der Waals surface area (Å²) < 4.78 is 0. The van der Waals surface area contributed by atoms with Crippen LogP contribution in [0.2, 0.25) is 0 Å². The zero-order chi connectivity index (χ0) is 38.5. The van der Waals surface area contributed by atoms with E-state index in [0.717, 1.165) is 54.8 Å². The molecule has 11 heteroatoms. The number of carbonyl (C=O) groups is 5. The van der Waals surface area contributed by atoms with E-state index in [1.54, 1.807) is 30.5 Å². The van der Waals surface area contributed by atoms with Gasteiger partial charge in [-0.3, -0.25) is 34.2 Å². The van der Waals surface area contributed by atoms with Crippen LogP contribution in [0.5, 0.6) is 5.75 Å². The number of phenolic OH excluding ortho intramolecular Hbond substituents is 1. The number of piperidine rings is 2. The number of imide groups is 2. The highest BCUT2D eigenvalue weighted by atomic mass is 16.3. The third-order valence-corrected chi connectivity index (χ3v) is 12.2. The van der Waals surface area contributed by atoms with Gasteiger partial charge in [0, 0.05) is 62.5 Å². The molecule has 4 aromatic carbocycles. The van der Waals surface area contributed by atoms with Crippen LogP contribution < -0.4 is 15.5 Å². The first-order valence-electron chi connectivity index (χ1n) is 19.5. The maximum absolute atomic E-state index is 13.2. The molecule has 4 aromatic rings. The van der Waals surface area contributed by atoms with E-state index in [1.165, 1.54) is 27.9 Å². The van der Waals surface area contributed by atoms with Crippen molar-refractivity contribution in [2.75, 3.05) is 18.0 Å². The van der Waals surface area contributed by atoms with E-state index in [-0.39, 0.29) is 41.8 Å². The van der Waals surface area contributed by atoms with Gasteiger partial charge in [-0.25, -0.2) is 0 Å². The summed E-state index contributed by atoms with van der Waals surface area (Å²) in [6.07, 6.45) is 7.11. The minimum atomic E-state index is -0.996. The van der Waals surface area contributed by atoms with Crippen LogP contribution in [0.1, 0.15) is 98.0 Å². The number of hydrogen-bond acceptors (Lipinski definition) is 8. The molecule has 284 valence electrons. The zero-order valence-corrected chi connectivity index (χ0v) is 30.9. The summed E-state index contributed by atoms with van der Waals surface area (Å²) in [5, 5.41) is 15.6. The SMILES string of the molecule is O=C(C=CN1Cc2cc3c(cc2C1)C(=O)N(C1CCC(=O)NC1=O)C3=O)NC1CCN(c2ccc([C@@H]3c4ccc(O)cc4CC[C@@H]3c3ccccc3)cc2)CC1. The molecule has 0 radical (unpaired) electrons. The highest BCUT2D eigenvalue weighted by molar-refractivity contribution is 6.23. The van der Waals surface area contributed by atoms with Crippen molar-refractivity contribution in [1.82, 2.24) is 20.4 Å². The minimum absolute atomic E-state index is 0.0625. The normalized spacial score (nSPS) is 22.3. The molecule has 0 spiro atoms. The largest absolute Gasteiger partial charge is 0.508 e. The second-order valence-corrected chi connectivity index (χ2v) is 15.6. The summed E-state index contributed by atoms with van der Waals surface area (Å²) in [6.45, 7) is 2.62. The molecule has 1 aliphatic carbocycles. The molecule has 0 bridgehead atoms. The number of amides is 5. The Bertz CT molecular complexity index is 2240. The Kier molecular flexibility index (Phi) is 9.15. The van der Waals surface area contributed by atoms with Crippen LogP contribution in [0.15, 0.2) is 97.2 Å². The van der Waals surface area contributed by atoms with Crippen LogP contribution in [0.25, 0.3) is 0 Å². The fraction of sp³-hybridized carbons (Fsp3) is 0.311. The van der Waals surface area contributed by atoms with Gasteiger partial charge < -0.3 is 20.2 Å². The van der Waals surface area contributed by atoms with Crippen molar-refractivity contribution >= 4 is 35.2 Å². The number of benzene rings is 4. The van der Waals surface area contributed by atoms with Crippen molar-refractivity contribution in [1.29, 1.82) is 0 Å². The summed E-state index contributed by atoms with van der Waals surface area (Å²) in [5.74, 6) is -1.38. The van der Waals surface area contributed by atoms with Gasteiger partial charge in [-0.05, 0) is 108 Å². The number of hydrogen-bond donors (Lipinski definition) is 3. The average molecular weight is 750 g/mol. The Hall–Kier alpha value is -6.23. The smallest absolute Gasteiger partial charge is 0.262 e. The van der Waals surface area contributed by atoms with Gasteiger partial charge in [0.1, 0.15) is 11.8 Å². The molecule has 2 saturated heterocycles. The van der Waals surface area contributed by atoms with E-state index in [2.05, 4.69) is 76.2 Å². The van der Waals surface area contributed by atoms with Gasteiger partial charge in [0.2, 0.25) is 17.7 Å². The molecule has 9 rings (SSSR count). The van der Waals surface area contributed by atoms with Crippen molar-refractivity contribution in [3.63, 3.8) is 0 Å². The highest BCUT2D eigenvalue weighted by Crippen LogP contribution is 2.47. The summed E-state index contributed by atoms with van der Waals surface area (Å²) >= 11 is 0. The van der Waals surface area contributed by atoms with Gasteiger partial charge in [0.05, 0.1) is 11.1 Å². The molecule has 4 aliphatic heterocycles. The fourth-order valence-corrected chi connectivity index (χ4v) is 9.37. The van der Waals surface area contributed by atoms with Gasteiger partial charge >= 0.3 is 0 Å². The third kappa shape index (κ3) is 6.61. The lowest BCUT2D eigenvalue weighted by molar-refractivity contribution is -0.136. The molecular formula is C45H43N5O6. The number of aryl methyl sites for hydroxylation is 1. The quantitative estimate of drug-likeness (QED) is 0.172. The van der Waals surface area contributed by atoms with Crippen molar-refractivity contribution in [2.45, 2.75) is 75.5 Å². The summed E-state index contributed by atoms with van der Waals surface area (Å²) in [5.41, 5.74) is 8.58. The molecule has 1 unspecified atom stereocenters. The number of rotatable bonds is 7. The molecule has 3 atom stereocenters. The predicted molar refractivity (Wildman–Crippen MR) is 209 cm³/mol. The number of nitrogens with one attached hydrogen (secondary N) is 2. The monoisotopic (exact) mass is 749 g/mol. The Morgan fingerprint density at radius 2 is 1.45 bits per heavy atom. The van der Waals surface area contributed by atoms with Gasteiger partial charge in [0.25, 0.3) is 11.8 Å². The van der Waals surface area contributed by atoms with Gasteiger partial charge in [-0.2, -0.15) is 0 Å². The second-order valence-electron chi connectivity index (χ2n) is 15.6. The van der Waals surface area contributed by atoms with Crippen molar-refractivity contribution in [3.8, 4) is 5.75 Å². The van der Waals surface area contributed by atoms with Gasteiger partial charge in [0.15, 0.2) is 0 Å². The Balaban J connectivity index is 0.789. The fourth-order valence-electron chi connectivity index (χ4n) is 9.37. The molecule has 5 aliphatic rings. The van der Waals surface area contributed by atoms with E-state index in [1.807, 2.05) is 11.0 Å². The summed E-state index contributed by atoms with van der Waals surface area (Å²) in [7, 11) is 0. The van der Waals surface area contributed by atoms with Crippen LogP contribution >= 0.6 is 0 Å². The number of aromatic hydroxyl groups is 1. The lowest BCUT2D eigenvalue weighted by Gasteiger charge is -2.36. The third-order valence-electron chi connectivity index (χ3n) is 12.2. The van der Waals surface area contributed by atoms with Crippen molar-refractivity contribution in [2.24, 2.45) is 0 Å². The minimum Gasteiger partial charge on any atom is -0.508 e. The maximum atomic E-state index is 13.2. The molecule has 2 fully saturated rings. The van der Waals surface area contributed by atoms with E-state index < -0.39 is 29.7 Å².